The van der Waals surface area contributed by atoms with Crippen molar-refractivity contribution in [2.45, 2.75) is 25.3 Å². The second-order valence-electron chi connectivity index (χ2n) is 6.20. The Kier molecular flexibility index (Phi) is 4.11. The van der Waals surface area contributed by atoms with Crippen molar-refractivity contribution in [3.63, 3.8) is 0 Å². The molecular formula is C19H18FN5. The number of aromatic nitrogens is 3. The third-order valence-electron chi connectivity index (χ3n) is 4.32. The summed E-state index contributed by atoms with van der Waals surface area (Å²) in [7, 11) is 0. The lowest BCUT2D eigenvalue weighted by atomic mass is 9.92. The van der Waals surface area contributed by atoms with Crippen LogP contribution in [-0.2, 0) is 12.8 Å². The van der Waals surface area contributed by atoms with Crippen LogP contribution in [0.5, 0.6) is 0 Å². The van der Waals surface area contributed by atoms with Crippen LogP contribution in [0.3, 0.4) is 0 Å². The zero-order valence-electron chi connectivity index (χ0n) is 13.6. The fraction of sp³-hybridized carbons (Fsp3) is 0.211. The van der Waals surface area contributed by atoms with Gasteiger partial charge in [-0.2, -0.15) is 0 Å². The number of anilines is 2. The molecular weight excluding hydrogens is 317 g/mol. The zero-order chi connectivity index (χ0) is 17.2. The standard InChI is InChI=1S/C19H18FN5/c20-13-4-1-5-15(9-13)23-19-16-10-14(21)6-7-17(16)24-18(25-19)12-3-2-8-22-11-12/h1-5,8-9,11,14H,6-7,10,21H2,(H,23,24,25). The number of rotatable bonds is 3. The molecule has 0 amide bonds. The topological polar surface area (TPSA) is 76.7 Å². The van der Waals surface area contributed by atoms with Crippen LogP contribution in [0.15, 0.2) is 48.8 Å². The summed E-state index contributed by atoms with van der Waals surface area (Å²) in [6, 6.07) is 10.2. The van der Waals surface area contributed by atoms with Crippen molar-refractivity contribution < 1.29 is 4.39 Å². The van der Waals surface area contributed by atoms with Gasteiger partial charge in [0.05, 0.1) is 0 Å². The minimum Gasteiger partial charge on any atom is -0.340 e. The Bertz CT molecular complexity index is 898. The molecule has 1 unspecified atom stereocenters. The van der Waals surface area contributed by atoms with Crippen LogP contribution in [0.25, 0.3) is 11.4 Å². The number of hydrogen-bond donors (Lipinski definition) is 2. The molecule has 0 aliphatic heterocycles. The van der Waals surface area contributed by atoms with E-state index in [1.54, 1.807) is 18.5 Å². The molecule has 1 atom stereocenters. The molecule has 1 aliphatic carbocycles. The second kappa shape index (κ2) is 6.57. The van der Waals surface area contributed by atoms with E-state index in [4.69, 9.17) is 10.7 Å². The van der Waals surface area contributed by atoms with Gasteiger partial charge in [0, 0.05) is 40.9 Å². The molecule has 2 heterocycles. The van der Waals surface area contributed by atoms with Gasteiger partial charge in [0.1, 0.15) is 11.6 Å². The highest BCUT2D eigenvalue weighted by Gasteiger charge is 2.22. The molecule has 1 aromatic carbocycles. The van der Waals surface area contributed by atoms with Gasteiger partial charge in [0.2, 0.25) is 0 Å². The Morgan fingerprint density at radius 1 is 1.16 bits per heavy atom. The van der Waals surface area contributed by atoms with Gasteiger partial charge in [0.25, 0.3) is 0 Å². The lowest BCUT2D eigenvalue weighted by molar-refractivity contribution is 0.566. The zero-order valence-corrected chi connectivity index (χ0v) is 13.6. The Morgan fingerprint density at radius 2 is 2.08 bits per heavy atom. The molecule has 3 N–H and O–H groups in total. The summed E-state index contributed by atoms with van der Waals surface area (Å²) >= 11 is 0. The number of fused-ring (bicyclic) bond motifs is 1. The van der Waals surface area contributed by atoms with E-state index in [1.807, 2.05) is 18.2 Å². The van der Waals surface area contributed by atoms with E-state index in [-0.39, 0.29) is 11.9 Å². The monoisotopic (exact) mass is 335 g/mol. The summed E-state index contributed by atoms with van der Waals surface area (Å²) in [6.07, 6.45) is 5.87. The summed E-state index contributed by atoms with van der Waals surface area (Å²) in [4.78, 5) is 13.5. The van der Waals surface area contributed by atoms with Crippen molar-refractivity contribution in [2.75, 3.05) is 5.32 Å². The first-order valence-corrected chi connectivity index (χ1v) is 8.27. The highest BCUT2D eigenvalue weighted by molar-refractivity contribution is 5.65. The molecule has 3 aromatic rings. The summed E-state index contributed by atoms with van der Waals surface area (Å²) in [5.74, 6) is 1.00. The number of nitrogens with zero attached hydrogens (tertiary/aromatic N) is 3. The van der Waals surface area contributed by atoms with E-state index >= 15 is 0 Å². The molecule has 0 saturated carbocycles. The van der Waals surface area contributed by atoms with Gasteiger partial charge >= 0.3 is 0 Å². The minimum atomic E-state index is -0.294. The lowest BCUT2D eigenvalue weighted by Crippen LogP contribution is -2.29. The Morgan fingerprint density at radius 3 is 2.88 bits per heavy atom. The van der Waals surface area contributed by atoms with Gasteiger partial charge in [0.15, 0.2) is 5.82 Å². The molecule has 1 aliphatic rings. The van der Waals surface area contributed by atoms with Gasteiger partial charge in [-0.15, -0.1) is 0 Å². The molecule has 25 heavy (non-hydrogen) atoms. The third-order valence-corrected chi connectivity index (χ3v) is 4.32. The summed E-state index contributed by atoms with van der Waals surface area (Å²) < 4.78 is 13.5. The SMILES string of the molecule is NC1CCc2nc(-c3cccnc3)nc(Nc3cccc(F)c3)c2C1. The van der Waals surface area contributed by atoms with Crippen molar-refractivity contribution >= 4 is 11.5 Å². The first-order chi connectivity index (χ1) is 12.2. The third kappa shape index (κ3) is 3.34. The largest absolute Gasteiger partial charge is 0.340 e. The number of halogens is 1. The van der Waals surface area contributed by atoms with Crippen molar-refractivity contribution in [3.05, 3.63) is 65.9 Å². The quantitative estimate of drug-likeness (QED) is 0.768. The van der Waals surface area contributed by atoms with Crippen LogP contribution in [0.1, 0.15) is 17.7 Å². The van der Waals surface area contributed by atoms with E-state index in [0.29, 0.717) is 23.8 Å². The van der Waals surface area contributed by atoms with Gasteiger partial charge in [-0.1, -0.05) is 6.07 Å². The van der Waals surface area contributed by atoms with Crippen molar-refractivity contribution in [2.24, 2.45) is 5.73 Å². The first kappa shape index (κ1) is 15.7. The fourth-order valence-corrected chi connectivity index (χ4v) is 3.07. The number of hydrogen-bond acceptors (Lipinski definition) is 5. The smallest absolute Gasteiger partial charge is 0.163 e. The van der Waals surface area contributed by atoms with Crippen LogP contribution < -0.4 is 11.1 Å². The molecule has 0 bridgehead atoms. The number of nitrogens with two attached hydrogens (primary N) is 1. The minimum absolute atomic E-state index is 0.0911. The van der Waals surface area contributed by atoms with E-state index in [2.05, 4.69) is 15.3 Å². The molecule has 6 heteroatoms. The van der Waals surface area contributed by atoms with E-state index in [1.165, 1.54) is 12.1 Å². The number of nitrogens with one attached hydrogen (secondary N) is 1. The highest BCUT2D eigenvalue weighted by atomic mass is 19.1. The molecule has 0 spiro atoms. The molecule has 0 radical (unpaired) electrons. The normalized spacial score (nSPS) is 16.3. The van der Waals surface area contributed by atoms with Gasteiger partial charge in [-0.25, -0.2) is 14.4 Å². The molecule has 2 aromatic heterocycles. The average molecular weight is 335 g/mol. The second-order valence-corrected chi connectivity index (χ2v) is 6.20. The van der Waals surface area contributed by atoms with Crippen LogP contribution in [-0.4, -0.2) is 21.0 Å². The Balaban J connectivity index is 1.80. The van der Waals surface area contributed by atoms with E-state index in [9.17, 15) is 4.39 Å². The summed E-state index contributed by atoms with van der Waals surface area (Å²) in [6.45, 7) is 0. The molecule has 4 rings (SSSR count). The molecule has 126 valence electrons. The Hall–Kier alpha value is -2.86. The number of benzene rings is 1. The van der Waals surface area contributed by atoms with Gasteiger partial charge in [-0.05, 0) is 49.6 Å². The lowest BCUT2D eigenvalue weighted by Gasteiger charge is -2.24. The fourth-order valence-electron chi connectivity index (χ4n) is 3.07. The number of aryl methyl sites for hydroxylation is 1. The van der Waals surface area contributed by atoms with Gasteiger partial charge < -0.3 is 11.1 Å². The average Bonchev–Trinajstić information content (AvgIpc) is 2.63. The van der Waals surface area contributed by atoms with Crippen molar-refractivity contribution in [1.82, 2.24) is 15.0 Å². The highest BCUT2D eigenvalue weighted by Crippen LogP contribution is 2.30. The first-order valence-electron chi connectivity index (χ1n) is 8.27. The van der Waals surface area contributed by atoms with E-state index in [0.717, 1.165) is 29.7 Å². The summed E-state index contributed by atoms with van der Waals surface area (Å²) in [5, 5.41) is 3.24. The maximum absolute atomic E-state index is 13.5. The van der Waals surface area contributed by atoms with Gasteiger partial charge in [-0.3, -0.25) is 4.98 Å². The van der Waals surface area contributed by atoms with Crippen LogP contribution in [0.2, 0.25) is 0 Å². The summed E-state index contributed by atoms with van der Waals surface area (Å²) in [5.41, 5.74) is 9.64. The predicted molar refractivity (Wildman–Crippen MR) is 94.9 cm³/mol. The molecule has 0 saturated heterocycles. The predicted octanol–water partition coefficient (Wildman–Crippen LogP) is 3.24. The number of pyridine rings is 1. The van der Waals surface area contributed by atoms with Crippen LogP contribution in [0.4, 0.5) is 15.9 Å². The molecule has 5 nitrogen and oxygen atoms in total. The maximum Gasteiger partial charge on any atom is 0.163 e. The van der Waals surface area contributed by atoms with Crippen molar-refractivity contribution in [1.29, 1.82) is 0 Å². The maximum atomic E-state index is 13.5. The van der Waals surface area contributed by atoms with Crippen molar-refractivity contribution in [3.8, 4) is 11.4 Å². The van der Waals surface area contributed by atoms with Crippen LogP contribution >= 0.6 is 0 Å². The van der Waals surface area contributed by atoms with E-state index < -0.39 is 0 Å². The Labute approximate surface area is 145 Å². The van der Waals surface area contributed by atoms with Crippen LogP contribution in [0, 0.1) is 5.82 Å². The molecule has 0 fully saturated rings.